The van der Waals surface area contributed by atoms with Crippen LogP contribution in [0.15, 0.2) is 103 Å². The summed E-state index contributed by atoms with van der Waals surface area (Å²) in [6.45, 7) is 1.28. The van der Waals surface area contributed by atoms with E-state index in [2.05, 4.69) is 16.1 Å². The highest BCUT2D eigenvalue weighted by Crippen LogP contribution is 2.35. The lowest BCUT2D eigenvalue weighted by atomic mass is 9.89. The predicted octanol–water partition coefficient (Wildman–Crippen LogP) is 6.54. The molecule has 0 spiro atoms. The summed E-state index contributed by atoms with van der Waals surface area (Å²) >= 11 is 0. The van der Waals surface area contributed by atoms with Crippen LogP contribution in [0.4, 0.5) is 0 Å². The molecule has 1 N–H and O–H groups in total. The Balaban J connectivity index is 1.29. The molecule has 1 fully saturated rings. The van der Waals surface area contributed by atoms with Crippen LogP contribution in [0.2, 0.25) is 0 Å². The van der Waals surface area contributed by atoms with E-state index in [1.807, 2.05) is 73.0 Å². The molecule has 4 aromatic rings. The highest BCUT2D eigenvalue weighted by Gasteiger charge is 2.45. The minimum Gasteiger partial charge on any atom is -0.496 e. The van der Waals surface area contributed by atoms with E-state index in [4.69, 9.17) is 14.2 Å². The van der Waals surface area contributed by atoms with Gasteiger partial charge in [-0.15, -0.1) is 0 Å². The Labute approximate surface area is 243 Å². The Morgan fingerprint density at radius 3 is 2.90 bits per heavy atom. The first-order valence-corrected chi connectivity index (χ1v) is 14.0. The van der Waals surface area contributed by atoms with Crippen LogP contribution >= 0.6 is 0 Å². The van der Waals surface area contributed by atoms with E-state index in [-0.39, 0.29) is 17.4 Å². The summed E-state index contributed by atoms with van der Waals surface area (Å²) in [6, 6.07) is 15.5. The lowest BCUT2D eigenvalue weighted by Gasteiger charge is -2.26. The van der Waals surface area contributed by atoms with Crippen molar-refractivity contribution in [3.8, 4) is 11.5 Å². The van der Waals surface area contributed by atoms with Crippen molar-refractivity contribution in [3.05, 3.63) is 124 Å². The first-order valence-electron chi connectivity index (χ1n) is 14.0. The third-order valence-electron chi connectivity index (χ3n) is 7.62. The van der Waals surface area contributed by atoms with Crippen LogP contribution in [-0.4, -0.2) is 46.1 Å². The second-order valence-corrected chi connectivity index (χ2v) is 10.5. The number of aromatic amines is 1. The minimum absolute atomic E-state index is 0.122. The number of nitrogens with zero attached hydrogens (tertiary/aromatic N) is 3. The van der Waals surface area contributed by atoms with E-state index in [9.17, 15) is 10.1 Å². The van der Waals surface area contributed by atoms with E-state index in [1.54, 1.807) is 31.6 Å². The molecule has 0 radical (unpaired) electrons. The number of H-pyrrole nitrogens is 1. The van der Waals surface area contributed by atoms with Gasteiger partial charge < -0.3 is 19.2 Å². The number of allylic oxidation sites excluding steroid dienone is 4. The topological polar surface area (TPSA) is 104 Å². The largest absolute Gasteiger partial charge is 0.496 e. The van der Waals surface area contributed by atoms with Gasteiger partial charge in [0.2, 0.25) is 0 Å². The van der Waals surface area contributed by atoms with Gasteiger partial charge in [0, 0.05) is 48.4 Å². The Hall–Kier alpha value is -4.89. The zero-order valence-corrected chi connectivity index (χ0v) is 23.3. The summed E-state index contributed by atoms with van der Waals surface area (Å²) in [4.78, 5) is 15.6. The minimum atomic E-state index is -1.56. The number of hydrogen-bond acceptors (Lipinski definition) is 6. The zero-order valence-electron chi connectivity index (χ0n) is 23.3. The second-order valence-electron chi connectivity index (χ2n) is 10.5. The van der Waals surface area contributed by atoms with Gasteiger partial charge in [0.1, 0.15) is 18.1 Å². The van der Waals surface area contributed by atoms with E-state index in [1.165, 1.54) is 4.68 Å². The lowest BCUT2D eigenvalue weighted by molar-refractivity contribution is -0.587. The highest BCUT2D eigenvalue weighted by atomic mass is 16.6. The molecule has 1 aliphatic heterocycles. The van der Waals surface area contributed by atoms with Gasteiger partial charge in [-0.25, -0.2) is 0 Å². The molecule has 2 unspecified atom stereocenters. The Morgan fingerprint density at radius 2 is 2.12 bits per heavy atom. The molecule has 9 heteroatoms. The monoisotopic (exact) mass is 564 g/mol. The molecule has 42 heavy (non-hydrogen) atoms. The predicted molar refractivity (Wildman–Crippen MR) is 162 cm³/mol. The molecule has 9 nitrogen and oxygen atoms in total. The number of aromatic nitrogens is 3. The average molecular weight is 565 g/mol. The fourth-order valence-corrected chi connectivity index (χ4v) is 5.42. The van der Waals surface area contributed by atoms with Crippen LogP contribution in [0, 0.1) is 10.1 Å². The quantitative estimate of drug-likeness (QED) is 0.173. The van der Waals surface area contributed by atoms with Crippen molar-refractivity contribution < 1.29 is 19.1 Å². The van der Waals surface area contributed by atoms with Gasteiger partial charge in [-0.2, -0.15) is 9.78 Å². The fraction of sp³-hybridized carbons (Fsp3) is 0.242. The molecule has 2 aromatic heterocycles. The molecule has 0 saturated carbocycles. The summed E-state index contributed by atoms with van der Waals surface area (Å²) in [5, 5.41) is 18.0. The van der Waals surface area contributed by atoms with Crippen molar-refractivity contribution in [2.75, 3.05) is 20.3 Å². The summed E-state index contributed by atoms with van der Waals surface area (Å²) in [5.74, 6) is 1.34. The fourth-order valence-electron chi connectivity index (χ4n) is 5.42. The number of hydrogen-bond donors (Lipinski definition) is 1. The van der Waals surface area contributed by atoms with Crippen LogP contribution in [0.1, 0.15) is 30.4 Å². The Morgan fingerprint density at radius 1 is 1.19 bits per heavy atom. The summed E-state index contributed by atoms with van der Waals surface area (Å²) in [6.07, 6.45) is 18.7. The molecule has 0 bridgehead atoms. The van der Waals surface area contributed by atoms with E-state index in [0.29, 0.717) is 23.7 Å². The highest BCUT2D eigenvalue weighted by molar-refractivity contribution is 5.82. The van der Waals surface area contributed by atoms with Gasteiger partial charge in [0.15, 0.2) is 0 Å². The smallest absolute Gasteiger partial charge is 0.338 e. The Bertz CT molecular complexity index is 1690. The van der Waals surface area contributed by atoms with Crippen LogP contribution in [-0.2, 0) is 10.4 Å². The Kier molecular flexibility index (Phi) is 7.74. The van der Waals surface area contributed by atoms with Gasteiger partial charge in [0.25, 0.3) is 0 Å². The maximum absolute atomic E-state index is 12.6. The van der Waals surface area contributed by atoms with Crippen molar-refractivity contribution in [3.63, 3.8) is 0 Å². The first kappa shape index (κ1) is 27.3. The number of nitro groups is 1. The average Bonchev–Trinajstić information content (AvgIpc) is 3.81. The lowest BCUT2D eigenvalue weighted by Crippen LogP contribution is -2.42. The van der Waals surface area contributed by atoms with Gasteiger partial charge in [-0.3, -0.25) is 10.1 Å². The summed E-state index contributed by atoms with van der Waals surface area (Å²) < 4.78 is 18.6. The van der Waals surface area contributed by atoms with Crippen molar-refractivity contribution in [2.45, 2.75) is 31.0 Å². The summed E-state index contributed by atoms with van der Waals surface area (Å²) in [7, 11) is 1.61. The van der Waals surface area contributed by atoms with E-state index < -0.39 is 5.66 Å². The number of benzene rings is 2. The molecular formula is C33H32N4O5. The molecule has 2 atom stereocenters. The normalized spacial score (nSPS) is 20.7. The second kappa shape index (κ2) is 11.9. The van der Waals surface area contributed by atoms with Gasteiger partial charge in [0.05, 0.1) is 24.6 Å². The molecule has 2 aromatic carbocycles. The first-order chi connectivity index (χ1) is 20.5. The third-order valence-corrected chi connectivity index (χ3v) is 7.62. The molecule has 0 amide bonds. The standard InChI is InChI=1S/C33H32N4O5/c1-40-32-20-29(42-23-30-4-2-17-41-30)12-11-28(32)10-8-26-18-25(6-5-24-7-9-27-13-15-34-31(27)19-24)21-33(22-26,37(38)39)36-16-3-14-35-36/h3,5-16,18-20,22,30,34H,2,4,17,21,23H2,1H3. The number of nitrogens with one attached hydrogen (secondary N) is 1. The van der Waals surface area contributed by atoms with Gasteiger partial charge >= 0.3 is 5.66 Å². The third kappa shape index (κ3) is 5.77. The zero-order chi connectivity index (χ0) is 28.9. The van der Waals surface area contributed by atoms with Crippen molar-refractivity contribution >= 4 is 23.1 Å². The summed E-state index contributed by atoms with van der Waals surface area (Å²) in [5.41, 5.74) is 2.78. The van der Waals surface area contributed by atoms with E-state index >= 15 is 0 Å². The maximum atomic E-state index is 12.6. The molecule has 3 heterocycles. The molecule has 214 valence electrons. The van der Waals surface area contributed by atoms with E-state index in [0.717, 1.165) is 47.1 Å². The van der Waals surface area contributed by atoms with Crippen LogP contribution in [0.3, 0.4) is 0 Å². The number of ether oxygens (including phenoxy) is 3. The number of methoxy groups -OCH3 is 1. The molecule has 1 aliphatic carbocycles. The van der Waals surface area contributed by atoms with Gasteiger partial charge in [-0.1, -0.05) is 42.5 Å². The van der Waals surface area contributed by atoms with Crippen LogP contribution in [0.5, 0.6) is 11.5 Å². The van der Waals surface area contributed by atoms with Crippen molar-refractivity contribution in [1.82, 2.24) is 14.8 Å². The van der Waals surface area contributed by atoms with Crippen molar-refractivity contribution in [1.29, 1.82) is 0 Å². The SMILES string of the molecule is COc1cc(OCC2CCCO2)ccc1C=CC1=CC(n2cccn2)([N+](=O)[O-])CC(C=Cc2ccc3cc[nH]c3c2)=C1. The maximum Gasteiger partial charge on any atom is 0.338 e. The van der Waals surface area contributed by atoms with Crippen LogP contribution < -0.4 is 9.47 Å². The van der Waals surface area contributed by atoms with Crippen LogP contribution in [0.25, 0.3) is 23.1 Å². The number of fused-ring (bicyclic) bond motifs is 1. The van der Waals surface area contributed by atoms with Crippen molar-refractivity contribution in [2.24, 2.45) is 0 Å². The van der Waals surface area contributed by atoms with Gasteiger partial charge in [-0.05, 0) is 65.3 Å². The number of rotatable bonds is 10. The molecule has 2 aliphatic rings. The molecular weight excluding hydrogens is 532 g/mol. The molecule has 1 saturated heterocycles. The molecule has 6 rings (SSSR count).